The van der Waals surface area contributed by atoms with E-state index in [0.29, 0.717) is 0 Å². The third kappa shape index (κ3) is 5.21. The Morgan fingerprint density at radius 1 is 0.554 bits per heavy atom. The van der Waals surface area contributed by atoms with Crippen LogP contribution in [0.1, 0.15) is 88.5 Å². The number of hydrogen-bond acceptors (Lipinski definition) is 1. The number of rotatable bonds is 4. The van der Waals surface area contributed by atoms with E-state index in [9.17, 15) is 0 Å². The highest BCUT2D eigenvalue weighted by Gasteiger charge is 2.40. The number of furan rings is 1. The Bertz CT molecular complexity index is 2980. The van der Waals surface area contributed by atoms with Crippen molar-refractivity contribution in [2.45, 2.75) is 72.6 Å². The second-order valence-electron chi connectivity index (χ2n) is 16.6. The fraction of sp³-hybridized carbons (Fsp3) is 0.200. The molecule has 1 heteroatoms. The fourth-order valence-corrected chi connectivity index (χ4v) is 9.97. The van der Waals surface area contributed by atoms with Gasteiger partial charge in [-0.1, -0.05) is 162 Å². The lowest BCUT2D eigenvalue weighted by Crippen LogP contribution is -2.27. The second-order valence-corrected chi connectivity index (χ2v) is 16.6. The molecular formula is C55H50O. The van der Waals surface area contributed by atoms with Gasteiger partial charge in [0, 0.05) is 27.2 Å². The SMILES string of the molecule is C/C=c1/c(-c2ccc3c(c2)-c2c(c4c(C)c(/C=C\CC)oc4c4ccccc24)C3(C)C)ccccccc(-c2ccc3c(c2)C(C)(C)c2ccccc2-3)/c1=C/C. The van der Waals surface area contributed by atoms with Crippen LogP contribution in [0.4, 0.5) is 0 Å². The van der Waals surface area contributed by atoms with Crippen LogP contribution in [-0.4, -0.2) is 0 Å². The van der Waals surface area contributed by atoms with Gasteiger partial charge in [-0.25, -0.2) is 0 Å². The van der Waals surface area contributed by atoms with Crippen molar-refractivity contribution in [3.8, 4) is 44.5 Å². The van der Waals surface area contributed by atoms with Gasteiger partial charge in [0.2, 0.25) is 0 Å². The molecule has 0 aliphatic heterocycles. The van der Waals surface area contributed by atoms with Crippen molar-refractivity contribution in [1.29, 1.82) is 0 Å². The van der Waals surface area contributed by atoms with Gasteiger partial charge in [0.25, 0.3) is 0 Å². The molecule has 0 bridgehead atoms. The zero-order valence-corrected chi connectivity index (χ0v) is 34.0. The summed E-state index contributed by atoms with van der Waals surface area (Å²) in [7, 11) is 0. The summed E-state index contributed by atoms with van der Waals surface area (Å²) >= 11 is 0. The monoisotopic (exact) mass is 726 g/mol. The molecular weight excluding hydrogens is 677 g/mol. The maximum absolute atomic E-state index is 6.72. The van der Waals surface area contributed by atoms with Crippen molar-refractivity contribution in [2.75, 3.05) is 0 Å². The number of fused-ring (bicyclic) bond motifs is 11. The van der Waals surface area contributed by atoms with Gasteiger partial charge < -0.3 is 4.42 Å². The first-order chi connectivity index (χ1) is 27.1. The number of aryl methyl sites for hydroxylation is 1. The molecule has 2 aliphatic rings. The third-order valence-corrected chi connectivity index (χ3v) is 12.7. The smallest absolute Gasteiger partial charge is 0.143 e. The molecule has 1 aromatic heterocycles. The molecule has 0 amide bonds. The maximum atomic E-state index is 6.72. The molecule has 7 aromatic rings. The van der Waals surface area contributed by atoms with Crippen LogP contribution < -0.4 is 10.4 Å². The van der Waals surface area contributed by atoms with Crippen molar-refractivity contribution in [3.63, 3.8) is 0 Å². The Hall–Kier alpha value is -5.92. The van der Waals surface area contributed by atoms with Gasteiger partial charge in [-0.3, -0.25) is 0 Å². The first-order valence-corrected chi connectivity index (χ1v) is 20.3. The zero-order chi connectivity index (χ0) is 38.9. The predicted molar refractivity (Wildman–Crippen MR) is 241 cm³/mol. The molecule has 2 aliphatic carbocycles. The van der Waals surface area contributed by atoms with E-state index in [-0.39, 0.29) is 10.8 Å². The molecule has 9 rings (SSSR count). The lowest BCUT2D eigenvalue weighted by atomic mass is 9.79. The van der Waals surface area contributed by atoms with Gasteiger partial charge in [-0.2, -0.15) is 0 Å². The molecule has 0 radical (unpaired) electrons. The van der Waals surface area contributed by atoms with Crippen molar-refractivity contribution in [1.82, 2.24) is 0 Å². The summed E-state index contributed by atoms with van der Waals surface area (Å²) in [6, 6.07) is 45.2. The normalized spacial score (nSPS) is 15.3. The summed E-state index contributed by atoms with van der Waals surface area (Å²) in [5.41, 5.74) is 17.6. The van der Waals surface area contributed by atoms with E-state index in [4.69, 9.17) is 4.42 Å². The summed E-state index contributed by atoms with van der Waals surface area (Å²) in [5.74, 6) is 0.956. The number of benzene rings is 5. The topological polar surface area (TPSA) is 13.1 Å². The molecule has 6 aromatic carbocycles. The van der Waals surface area contributed by atoms with Crippen LogP contribution in [0, 0.1) is 6.92 Å². The van der Waals surface area contributed by atoms with Crippen molar-refractivity contribution in [3.05, 3.63) is 171 Å². The van der Waals surface area contributed by atoms with E-state index in [1.807, 2.05) is 0 Å². The molecule has 0 saturated heterocycles. The van der Waals surface area contributed by atoms with Crippen molar-refractivity contribution in [2.24, 2.45) is 0 Å². The van der Waals surface area contributed by atoms with E-state index < -0.39 is 0 Å². The molecule has 0 fully saturated rings. The first-order valence-electron chi connectivity index (χ1n) is 20.3. The van der Waals surface area contributed by atoms with Crippen LogP contribution in [-0.2, 0) is 10.8 Å². The van der Waals surface area contributed by atoms with E-state index >= 15 is 0 Å². The molecule has 1 nitrogen and oxygen atoms in total. The zero-order valence-electron chi connectivity index (χ0n) is 34.0. The maximum Gasteiger partial charge on any atom is 0.143 e. The molecule has 1 heterocycles. The Kier molecular flexibility index (Phi) is 8.55. The van der Waals surface area contributed by atoms with E-state index in [1.54, 1.807) is 0 Å². The van der Waals surface area contributed by atoms with Crippen LogP contribution in [0.25, 0.3) is 84.5 Å². The highest BCUT2D eigenvalue weighted by molar-refractivity contribution is 6.17. The largest absolute Gasteiger partial charge is 0.456 e. The van der Waals surface area contributed by atoms with Gasteiger partial charge in [0.15, 0.2) is 0 Å². The molecule has 276 valence electrons. The summed E-state index contributed by atoms with van der Waals surface area (Å²) in [4.78, 5) is 0. The van der Waals surface area contributed by atoms with Gasteiger partial charge in [0.05, 0.1) is 0 Å². The van der Waals surface area contributed by atoms with E-state index in [2.05, 4.69) is 201 Å². The molecule has 0 spiro atoms. The Balaban J connectivity index is 1.30. The number of allylic oxidation sites excluding steroid dienone is 1. The average molecular weight is 727 g/mol. The Morgan fingerprint density at radius 2 is 1.12 bits per heavy atom. The van der Waals surface area contributed by atoms with Crippen LogP contribution in [0.5, 0.6) is 0 Å². The molecule has 0 atom stereocenters. The Morgan fingerprint density at radius 3 is 1.82 bits per heavy atom. The molecule has 0 unspecified atom stereocenters. The molecule has 0 N–H and O–H groups in total. The summed E-state index contributed by atoms with van der Waals surface area (Å²) in [6.07, 6.45) is 9.91. The minimum Gasteiger partial charge on any atom is -0.456 e. The van der Waals surface area contributed by atoms with Gasteiger partial charge in [-0.15, -0.1) is 0 Å². The van der Waals surface area contributed by atoms with Crippen LogP contribution in [0.3, 0.4) is 0 Å². The van der Waals surface area contributed by atoms with Crippen LogP contribution in [0.15, 0.2) is 132 Å². The lowest BCUT2D eigenvalue weighted by molar-refractivity contribution is 0.603. The van der Waals surface area contributed by atoms with Gasteiger partial charge in [0.1, 0.15) is 11.3 Å². The van der Waals surface area contributed by atoms with E-state index in [0.717, 1.165) is 17.8 Å². The third-order valence-electron chi connectivity index (χ3n) is 12.7. The number of hydrogen-bond donors (Lipinski definition) is 0. The van der Waals surface area contributed by atoms with Crippen molar-refractivity contribution >= 4 is 40.0 Å². The summed E-state index contributed by atoms with van der Waals surface area (Å²) in [5, 5.41) is 6.11. The second kappa shape index (κ2) is 13.4. The minimum atomic E-state index is -0.212. The highest BCUT2D eigenvalue weighted by atomic mass is 16.3. The summed E-state index contributed by atoms with van der Waals surface area (Å²) < 4.78 is 6.72. The summed E-state index contributed by atoms with van der Waals surface area (Å²) in [6.45, 7) is 18.3. The Labute approximate surface area is 331 Å². The predicted octanol–water partition coefficient (Wildman–Crippen LogP) is 14.0. The molecule has 56 heavy (non-hydrogen) atoms. The van der Waals surface area contributed by atoms with Crippen molar-refractivity contribution < 1.29 is 4.42 Å². The van der Waals surface area contributed by atoms with Crippen LogP contribution >= 0.6 is 0 Å². The van der Waals surface area contributed by atoms with Gasteiger partial charge in [-0.05, 0) is 128 Å². The average Bonchev–Trinajstić information content (AvgIpc) is 3.75. The van der Waals surface area contributed by atoms with Gasteiger partial charge >= 0.3 is 0 Å². The lowest BCUT2D eigenvalue weighted by Gasteiger charge is -2.23. The molecule has 0 saturated carbocycles. The quantitative estimate of drug-likeness (QED) is 0.176. The minimum absolute atomic E-state index is 0.0748. The van der Waals surface area contributed by atoms with Crippen LogP contribution in [0.2, 0.25) is 0 Å². The van der Waals surface area contributed by atoms with E-state index in [1.165, 1.54) is 98.9 Å². The highest BCUT2D eigenvalue weighted by Crippen LogP contribution is 2.56. The standard InChI is InChI=1S/C55H50O/c1-9-12-27-49-34(4)50-52-51(43-24-17-18-25-44(43)53(50)56-49)45-32-35(29-31-47(45)55(52,7)8)39-21-15-13-14-16-22-40(38(11-3)37(39)10-2)36-28-30-42-41-23-19-20-26-46(41)54(5,6)48(42)33-36/h10-33H,9H2,1-8H3/b15-13?,16-14?,27-12-,37-10+,38-11+,39-21?,40-22?. The fourth-order valence-electron chi connectivity index (χ4n) is 9.97. The first kappa shape index (κ1) is 35.8.